The van der Waals surface area contributed by atoms with Gasteiger partial charge in [-0.2, -0.15) is 0 Å². The first-order chi connectivity index (χ1) is 14.3. The minimum Gasteiger partial charge on any atom is -0.383 e. The number of hydrogen-bond acceptors (Lipinski definition) is 3. The molecular formula is C23H27F2N3O2. The predicted octanol–water partition coefficient (Wildman–Crippen LogP) is 4.65. The Labute approximate surface area is 174 Å². The van der Waals surface area contributed by atoms with Gasteiger partial charge in [-0.25, -0.2) is 13.8 Å². The molecule has 1 saturated carbocycles. The van der Waals surface area contributed by atoms with Crippen LogP contribution in [-0.2, 0) is 18.3 Å². The van der Waals surface area contributed by atoms with Gasteiger partial charge in [-0.1, -0.05) is 6.07 Å². The van der Waals surface area contributed by atoms with E-state index >= 15 is 0 Å². The number of nitrogens with zero attached hydrogens (tertiary/aromatic N) is 3. The Balaban J connectivity index is 1.78. The molecular weight excluding hydrogens is 388 g/mol. The van der Waals surface area contributed by atoms with Gasteiger partial charge in [0.25, 0.3) is 5.56 Å². The largest absolute Gasteiger partial charge is 0.383 e. The van der Waals surface area contributed by atoms with E-state index in [-0.39, 0.29) is 24.3 Å². The van der Waals surface area contributed by atoms with Crippen LogP contribution in [0.2, 0.25) is 0 Å². The van der Waals surface area contributed by atoms with Crippen molar-refractivity contribution in [3.8, 4) is 11.1 Å². The maximum Gasteiger partial charge on any atom is 0.253 e. The highest BCUT2D eigenvalue weighted by Gasteiger charge is 2.37. The Morgan fingerprint density at radius 1 is 1.20 bits per heavy atom. The van der Waals surface area contributed by atoms with Crippen molar-refractivity contribution in [3.63, 3.8) is 0 Å². The molecule has 1 fully saturated rings. The summed E-state index contributed by atoms with van der Waals surface area (Å²) in [5, 5.41) is 0. The molecule has 0 bridgehead atoms. The van der Waals surface area contributed by atoms with E-state index < -0.39 is 5.92 Å². The monoisotopic (exact) mass is 415 g/mol. The molecule has 1 aliphatic carbocycles. The van der Waals surface area contributed by atoms with E-state index in [4.69, 9.17) is 9.72 Å². The van der Waals surface area contributed by atoms with Gasteiger partial charge in [0, 0.05) is 51.2 Å². The molecule has 0 amide bonds. The zero-order valence-corrected chi connectivity index (χ0v) is 17.6. The van der Waals surface area contributed by atoms with Crippen LogP contribution in [0.4, 0.5) is 8.78 Å². The van der Waals surface area contributed by atoms with E-state index in [0.717, 1.165) is 28.0 Å². The number of hydrogen-bond donors (Lipinski definition) is 0. The Morgan fingerprint density at radius 3 is 2.60 bits per heavy atom. The Kier molecular flexibility index (Phi) is 5.49. The summed E-state index contributed by atoms with van der Waals surface area (Å²) in [7, 11) is 3.40. The van der Waals surface area contributed by atoms with Crippen molar-refractivity contribution in [2.24, 2.45) is 7.05 Å². The predicted molar refractivity (Wildman–Crippen MR) is 113 cm³/mol. The lowest BCUT2D eigenvalue weighted by atomic mass is 9.86. The number of benzene rings is 1. The van der Waals surface area contributed by atoms with E-state index in [2.05, 4.69) is 10.6 Å². The number of aromatic nitrogens is 3. The standard InChI is InChI=1S/C23H27F2N3O2/c1-15-12-18(14-27(2)22(15)29)17-4-5-19-20(13-17)28(10-11-30-3)21(26-19)16-6-8-23(24,25)9-7-16/h4-5,12-14,16H,6-11H2,1-3H3. The molecule has 7 heteroatoms. The average molecular weight is 415 g/mol. The van der Waals surface area contributed by atoms with Crippen molar-refractivity contribution in [1.82, 2.24) is 14.1 Å². The first-order valence-corrected chi connectivity index (χ1v) is 10.3. The van der Waals surface area contributed by atoms with Crippen LogP contribution in [0.1, 0.15) is 43.0 Å². The van der Waals surface area contributed by atoms with Crippen molar-refractivity contribution in [2.45, 2.75) is 51.0 Å². The molecule has 3 aromatic rings. The second-order valence-electron chi connectivity index (χ2n) is 8.28. The molecule has 160 valence electrons. The van der Waals surface area contributed by atoms with Crippen molar-refractivity contribution >= 4 is 11.0 Å². The molecule has 30 heavy (non-hydrogen) atoms. The van der Waals surface area contributed by atoms with Crippen molar-refractivity contribution in [2.75, 3.05) is 13.7 Å². The first-order valence-electron chi connectivity index (χ1n) is 10.3. The SMILES string of the molecule is COCCn1c(C2CCC(F)(F)CC2)nc2ccc(-c3cc(C)c(=O)n(C)c3)cc21. The third-order valence-corrected chi connectivity index (χ3v) is 6.07. The third kappa shape index (κ3) is 3.90. The fraction of sp³-hybridized carbons (Fsp3) is 0.478. The molecule has 0 N–H and O–H groups in total. The molecule has 2 heterocycles. The highest BCUT2D eigenvalue weighted by Crippen LogP contribution is 2.41. The molecule has 0 spiro atoms. The lowest BCUT2D eigenvalue weighted by Gasteiger charge is -2.28. The fourth-order valence-corrected chi connectivity index (χ4v) is 4.38. The van der Waals surface area contributed by atoms with Crippen LogP contribution >= 0.6 is 0 Å². The van der Waals surface area contributed by atoms with Crippen LogP contribution in [0, 0.1) is 6.92 Å². The maximum absolute atomic E-state index is 13.7. The minimum absolute atomic E-state index is 0.0126. The average Bonchev–Trinajstić information content (AvgIpc) is 3.07. The molecule has 2 aromatic heterocycles. The van der Waals surface area contributed by atoms with Gasteiger partial charge in [0.05, 0.1) is 17.6 Å². The van der Waals surface area contributed by atoms with Gasteiger partial charge in [0.15, 0.2) is 0 Å². The summed E-state index contributed by atoms with van der Waals surface area (Å²) < 4.78 is 36.3. The van der Waals surface area contributed by atoms with Crippen molar-refractivity contribution in [3.05, 3.63) is 52.2 Å². The lowest BCUT2D eigenvalue weighted by molar-refractivity contribution is -0.0390. The second-order valence-corrected chi connectivity index (χ2v) is 8.28. The van der Waals surface area contributed by atoms with Gasteiger partial charge < -0.3 is 13.9 Å². The maximum atomic E-state index is 13.7. The number of rotatable bonds is 5. The van der Waals surface area contributed by atoms with Gasteiger partial charge >= 0.3 is 0 Å². The summed E-state index contributed by atoms with van der Waals surface area (Å²) in [6.07, 6.45) is 2.53. The van der Waals surface area contributed by atoms with Gasteiger partial charge in [0.2, 0.25) is 5.92 Å². The number of fused-ring (bicyclic) bond motifs is 1. The van der Waals surface area contributed by atoms with E-state index in [9.17, 15) is 13.6 Å². The third-order valence-electron chi connectivity index (χ3n) is 6.07. The van der Waals surface area contributed by atoms with Gasteiger partial charge in [-0.3, -0.25) is 4.79 Å². The van der Waals surface area contributed by atoms with Crippen molar-refractivity contribution in [1.29, 1.82) is 0 Å². The van der Waals surface area contributed by atoms with E-state index in [1.807, 2.05) is 31.3 Å². The van der Waals surface area contributed by atoms with Crippen LogP contribution in [0.5, 0.6) is 0 Å². The zero-order chi connectivity index (χ0) is 21.5. The topological polar surface area (TPSA) is 49.1 Å². The number of halogens is 2. The molecule has 0 aliphatic heterocycles. The highest BCUT2D eigenvalue weighted by molar-refractivity contribution is 5.82. The van der Waals surface area contributed by atoms with Crippen molar-refractivity contribution < 1.29 is 13.5 Å². The summed E-state index contributed by atoms with van der Waals surface area (Å²) in [6, 6.07) is 7.92. The number of alkyl halides is 2. The van der Waals surface area contributed by atoms with E-state index in [1.54, 1.807) is 18.7 Å². The summed E-state index contributed by atoms with van der Waals surface area (Å²) in [6.45, 7) is 2.94. The number of ether oxygens (including phenoxy) is 1. The zero-order valence-electron chi connectivity index (χ0n) is 17.6. The molecule has 4 rings (SSSR count). The molecule has 0 radical (unpaired) electrons. The smallest absolute Gasteiger partial charge is 0.253 e. The second kappa shape index (κ2) is 7.95. The Morgan fingerprint density at radius 2 is 1.93 bits per heavy atom. The first kappa shape index (κ1) is 20.7. The lowest BCUT2D eigenvalue weighted by Crippen LogP contribution is -2.25. The molecule has 5 nitrogen and oxygen atoms in total. The van der Waals surface area contributed by atoms with Crippen LogP contribution < -0.4 is 5.56 Å². The van der Waals surface area contributed by atoms with Crippen LogP contribution in [0.3, 0.4) is 0 Å². The van der Waals surface area contributed by atoms with Crippen LogP contribution in [0.25, 0.3) is 22.2 Å². The Hall–Kier alpha value is -2.54. The summed E-state index contributed by atoms with van der Waals surface area (Å²) in [4.78, 5) is 16.9. The fourth-order valence-electron chi connectivity index (χ4n) is 4.38. The van der Waals surface area contributed by atoms with E-state index in [0.29, 0.717) is 31.6 Å². The number of methoxy groups -OCH3 is 1. The summed E-state index contributed by atoms with van der Waals surface area (Å²) in [5.74, 6) is -1.67. The van der Waals surface area contributed by atoms with Crippen LogP contribution in [0.15, 0.2) is 35.3 Å². The summed E-state index contributed by atoms with van der Waals surface area (Å²) in [5.41, 5.74) is 4.43. The molecule has 1 aromatic carbocycles. The number of aryl methyl sites for hydroxylation is 2. The van der Waals surface area contributed by atoms with Gasteiger partial charge in [-0.15, -0.1) is 0 Å². The van der Waals surface area contributed by atoms with Gasteiger partial charge in [0.1, 0.15) is 5.82 Å². The molecule has 1 aliphatic rings. The number of imidazole rings is 1. The minimum atomic E-state index is -2.56. The highest BCUT2D eigenvalue weighted by atomic mass is 19.3. The van der Waals surface area contributed by atoms with Crippen LogP contribution in [-0.4, -0.2) is 33.8 Å². The quantitative estimate of drug-likeness (QED) is 0.610. The van der Waals surface area contributed by atoms with Gasteiger partial charge in [-0.05, 0) is 49.1 Å². The number of pyridine rings is 1. The molecule has 0 unspecified atom stereocenters. The Bertz CT molecular complexity index is 1100. The molecule has 0 saturated heterocycles. The molecule has 0 atom stereocenters. The summed E-state index contributed by atoms with van der Waals surface area (Å²) >= 11 is 0. The normalized spacial score (nSPS) is 17.0. The van der Waals surface area contributed by atoms with E-state index in [1.165, 1.54) is 0 Å².